The highest BCUT2D eigenvalue weighted by atomic mass is 79.9. The van der Waals surface area contributed by atoms with Crippen LogP contribution in [0.25, 0.3) is 0 Å². The molecule has 2 atom stereocenters. The Morgan fingerprint density at radius 1 is 1.53 bits per heavy atom. The van der Waals surface area contributed by atoms with Crippen LogP contribution in [0.3, 0.4) is 0 Å². The average molecular weight is 290 g/mol. The molecule has 0 amide bonds. The first kappa shape index (κ1) is 11.4. The van der Waals surface area contributed by atoms with Crippen molar-refractivity contribution in [3.05, 3.63) is 33.5 Å². The predicted octanol–water partition coefficient (Wildman–Crippen LogP) is 3.48. The van der Waals surface area contributed by atoms with Crippen LogP contribution in [0.4, 0.5) is 4.39 Å². The lowest BCUT2D eigenvalue weighted by atomic mass is 9.98. The molecule has 4 heteroatoms. The predicted molar refractivity (Wildman–Crippen MR) is 66.7 cm³/mol. The number of benzene rings is 1. The van der Waals surface area contributed by atoms with Crippen molar-refractivity contribution >= 4 is 27.7 Å². The summed E-state index contributed by atoms with van der Waals surface area (Å²) in [6.07, 6.45) is 0. The smallest absolute Gasteiger partial charge is 0.137 e. The van der Waals surface area contributed by atoms with Crippen LogP contribution in [0.15, 0.2) is 16.6 Å². The zero-order valence-electron chi connectivity index (χ0n) is 8.68. The highest BCUT2D eigenvalue weighted by Crippen LogP contribution is 2.40. The van der Waals surface area contributed by atoms with Crippen molar-refractivity contribution in [3.8, 4) is 0 Å². The fourth-order valence-electron chi connectivity index (χ4n) is 2.00. The summed E-state index contributed by atoms with van der Waals surface area (Å²) in [6, 6.07) is 3.75. The van der Waals surface area contributed by atoms with Gasteiger partial charge in [-0.3, -0.25) is 0 Å². The van der Waals surface area contributed by atoms with Gasteiger partial charge in [0.2, 0.25) is 0 Å². The quantitative estimate of drug-likeness (QED) is 0.849. The minimum atomic E-state index is -0.168. The van der Waals surface area contributed by atoms with Gasteiger partial charge in [0.1, 0.15) is 5.82 Å². The van der Waals surface area contributed by atoms with Gasteiger partial charge in [0.05, 0.1) is 4.47 Å². The molecule has 1 heterocycles. The molecule has 1 nitrogen and oxygen atoms in total. The second-order valence-corrected chi connectivity index (χ2v) is 5.87. The number of halogens is 2. The number of hydrogen-bond donors (Lipinski definition) is 1. The van der Waals surface area contributed by atoms with Crippen molar-refractivity contribution < 1.29 is 4.39 Å². The maximum atomic E-state index is 13.4. The van der Waals surface area contributed by atoms with Crippen molar-refractivity contribution in [3.63, 3.8) is 0 Å². The first-order valence-corrected chi connectivity index (χ1v) is 6.75. The first-order valence-electron chi connectivity index (χ1n) is 4.90. The molecular formula is C11H13BrFNS. The Kier molecular flexibility index (Phi) is 3.38. The average Bonchev–Trinajstić information content (AvgIpc) is 2.23. The van der Waals surface area contributed by atoms with Crippen molar-refractivity contribution in [2.75, 3.05) is 7.05 Å². The van der Waals surface area contributed by atoms with Crippen LogP contribution in [0, 0.1) is 5.82 Å². The molecule has 0 aliphatic carbocycles. The SMILES string of the molecule is CNC1c2ccc(F)c(Br)c2CSC1C. The Morgan fingerprint density at radius 2 is 2.27 bits per heavy atom. The number of nitrogens with one attached hydrogen (secondary N) is 1. The van der Waals surface area contributed by atoms with Crippen molar-refractivity contribution in [1.29, 1.82) is 0 Å². The van der Waals surface area contributed by atoms with Gasteiger partial charge in [-0.15, -0.1) is 0 Å². The summed E-state index contributed by atoms with van der Waals surface area (Å²) in [5.74, 6) is 0.714. The number of hydrogen-bond acceptors (Lipinski definition) is 2. The van der Waals surface area contributed by atoms with Crippen molar-refractivity contribution in [1.82, 2.24) is 5.32 Å². The summed E-state index contributed by atoms with van der Waals surface area (Å²) in [5.41, 5.74) is 2.31. The van der Waals surface area contributed by atoms with E-state index < -0.39 is 0 Å². The van der Waals surface area contributed by atoms with E-state index in [9.17, 15) is 4.39 Å². The fraction of sp³-hybridized carbons (Fsp3) is 0.455. The van der Waals surface area contributed by atoms with E-state index >= 15 is 0 Å². The standard InChI is InChI=1S/C11H13BrFNS/c1-6-11(14-2)7-3-4-9(13)10(12)8(7)5-15-6/h3-4,6,11,14H,5H2,1-2H3. The highest BCUT2D eigenvalue weighted by Gasteiger charge is 2.27. The Hall–Kier alpha value is -0.0600. The van der Waals surface area contributed by atoms with Crippen LogP contribution in [-0.4, -0.2) is 12.3 Å². The molecule has 2 unspecified atom stereocenters. The molecule has 0 saturated heterocycles. The summed E-state index contributed by atoms with van der Waals surface area (Å²) < 4.78 is 14.0. The molecular weight excluding hydrogens is 277 g/mol. The van der Waals surface area contributed by atoms with Gasteiger partial charge < -0.3 is 5.32 Å². The molecule has 1 aliphatic heterocycles. The lowest BCUT2D eigenvalue weighted by Gasteiger charge is -2.31. The fourth-order valence-corrected chi connectivity index (χ4v) is 3.90. The molecule has 82 valence electrons. The molecule has 1 aromatic rings. The summed E-state index contributed by atoms with van der Waals surface area (Å²) in [5, 5.41) is 3.82. The van der Waals surface area contributed by atoms with Gasteiger partial charge in [-0.2, -0.15) is 11.8 Å². The van der Waals surface area contributed by atoms with E-state index in [0.717, 1.165) is 11.3 Å². The highest BCUT2D eigenvalue weighted by molar-refractivity contribution is 9.10. The number of thioether (sulfide) groups is 1. The maximum Gasteiger partial charge on any atom is 0.137 e. The molecule has 2 rings (SSSR count). The van der Waals surface area contributed by atoms with Gasteiger partial charge in [0, 0.05) is 17.0 Å². The van der Waals surface area contributed by atoms with Crippen LogP contribution >= 0.6 is 27.7 Å². The first-order chi connectivity index (χ1) is 7.15. The second kappa shape index (κ2) is 4.44. The van der Waals surface area contributed by atoms with E-state index in [-0.39, 0.29) is 5.82 Å². The van der Waals surface area contributed by atoms with Crippen LogP contribution in [0.5, 0.6) is 0 Å². The Balaban J connectivity index is 2.51. The van der Waals surface area contributed by atoms with Crippen molar-refractivity contribution in [2.45, 2.75) is 24.0 Å². The number of rotatable bonds is 1. The summed E-state index contributed by atoms with van der Waals surface area (Å²) in [4.78, 5) is 0. The minimum absolute atomic E-state index is 0.168. The van der Waals surface area contributed by atoms with Gasteiger partial charge in [0.15, 0.2) is 0 Å². The van der Waals surface area contributed by atoms with Crippen LogP contribution in [-0.2, 0) is 5.75 Å². The summed E-state index contributed by atoms with van der Waals surface area (Å²) >= 11 is 5.18. The van der Waals surface area contributed by atoms with Gasteiger partial charge >= 0.3 is 0 Å². The molecule has 0 aromatic heterocycles. The topological polar surface area (TPSA) is 12.0 Å². The third-order valence-corrected chi connectivity index (χ3v) is 4.95. The van der Waals surface area contributed by atoms with Gasteiger partial charge in [-0.05, 0) is 40.2 Å². The molecule has 0 spiro atoms. The molecule has 1 N–H and O–H groups in total. The lowest BCUT2D eigenvalue weighted by Crippen LogP contribution is -2.29. The number of fused-ring (bicyclic) bond motifs is 1. The molecule has 0 fully saturated rings. The monoisotopic (exact) mass is 289 g/mol. The maximum absolute atomic E-state index is 13.4. The van der Waals surface area contributed by atoms with E-state index in [1.54, 1.807) is 0 Å². The third kappa shape index (κ3) is 1.95. The minimum Gasteiger partial charge on any atom is -0.312 e. The molecule has 0 saturated carbocycles. The van der Waals surface area contributed by atoms with E-state index in [1.165, 1.54) is 11.6 Å². The Morgan fingerprint density at radius 3 is 2.93 bits per heavy atom. The van der Waals surface area contributed by atoms with Crippen LogP contribution in [0.2, 0.25) is 0 Å². The van der Waals surface area contributed by atoms with E-state index in [2.05, 4.69) is 28.2 Å². The van der Waals surface area contributed by atoms with Gasteiger partial charge in [0.25, 0.3) is 0 Å². The Labute approximate surface area is 102 Å². The third-order valence-electron chi connectivity index (χ3n) is 2.84. The van der Waals surface area contributed by atoms with E-state index in [1.807, 2.05) is 24.9 Å². The normalized spacial score (nSPS) is 25.1. The van der Waals surface area contributed by atoms with Gasteiger partial charge in [-0.1, -0.05) is 13.0 Å². The van der Waals surface area contributed by atoms with Gasteiger partial charge in [-0.25, -0.2) is 4.39 Å². The summed E-state index contributed by atoms with van der Waals surface area (Å²) in [7, 11) is 1.95. The molecule has 1 aliphatic rings. The largest absolute Gasteiger partial charge is 0.312 e. The van der Waals surface area contributed by atoms with E-state index in [0.29, 0.717) is 15.8 Å². The van der Waals surface area contributed by atoms with Crippen LogP contribution in [0.1, 0.15) is 24.1 Å². The molecule has 1 aromatic carbocycles. The molecule has 0 bridgehead atoms. The van der Waals surface area contributed by atoms with E-state index in [4.69, 9.17) is 0 Å². The second-order valence-electron chi connectivity index (χ2n) is 3.71. The summed E-state index contributed by atoms with van der Waals surface area (Å²) in [6.45, 7) is 2.20. The zero-order chi connectivity index (χ0) is 11.0. The lowest BCUT2D eigenvalue weighted by molar-refractivity contribution is 0.570. The zero-order valence-corrected chi connectivity index (χ0v) is 11.1. The van der Waals surface area contributed by atoms with Crippen molar-refractivity contribution in [2.24, 2.45) is 0 Å². The molecule has 0 radical (unpaired) electrons. The Bertz CT molecular complexity index is 383. The van der Waals surface area contributed by atoms with Crippen LogP contribution < -0.4 is 5.32 Å². The molecule has 15 heavy (non-hydrogen) atoms.